The van der Waals surface area contributed by atoms with Gasteiger partial charge in [0.05, 0.1) is 71.2 Å². The highest BCUT2D eigenvalue weighted by Crippen LogP contribution is 2.39. The Morgan fingerprint density at radius 2 is 0.432 bits per heavy atom. The maximum atomic E-state index is 11.4. The highest BCUT2D eigenvalue weighted by molar-refractivity contribution is 5.01. The normalized spacial score (nSPS) is 53.2. The van der Waals surface area contributed by atoms with Crippen molar-refractivity contribution in [3.63, 3.8) is 0 Å². The van der Waals surface area contributed by atoms with E-state index in [4.69, 9.17) is 71.1 Å². The van der Waals surface area contributed by atoms with Crippen LogP contribution in [0.3, 0.4) is 0 Å². The maximum absolute atomic E-state index is 11.4. The molecule has 8 rings (SSSR count). The summed E-state index contributed by atoms with van der Waals surface area (Å²) in [5.41, 5.74) is 0. The van der Waals surface area contributed by atoms with E-state index in [-0.39, 0.29) is 6.42 Å². The minimum Gasteiger partial charge on any atom is -0.394 e. The van der Waals surface area contributed by atoms with Crippen LogP contribution in [0.4, 0.5) is 0 Å². The van der Waals surface area contributed by atoms with Crippen LogP contribution in [0.2, 0.25) is 0 Å². The molecule has 39 nitrogen and oxygen atoms in total. The van der Waals surface area contributed by atoms with Crippen LogP contribution >= 0.6 is 0 Å². The second kappa shape index (κ2) is 31.3. The highest BCUT2D eigenvalue weighted by atomic mass is 16.8. The zero-order valence-corrected chi connectivity index (χ0v) is 46.7. The van der Waals surface area contributed by atoms with Crippen molar-refractivity contribution < 1.29 is 194 Å². The zero-order chi connectivity index (χ0) is 64.5. The molecule has 8 heterocycles. The van der Waals surface area contributed by atoms with Crippen LogP contribution in [0.1, 0.15) is 13.3 Å². The van der Waals surface area contributed by atoms with Gasteiger partial charge in [-0.25, -0.2) is 0 Å². The molecule has 8 aliphatic rings. The summed E-state index contributed by atoms with van der Waals surface area (Å²) in [5, 5.41) is 258. The summed E-state index contributed by atoms with van der Waals surface area (Å²) >= 11 is 0. The summed E-state index contributed by atoms with van der Waals surface area (Å²) in [6, 6.07) is 0. The lowest BCUT2D eigenvalue weighted by Crippen LogP contribution is -2.68. The van der Waals surface area contributed by atoms with Crippen molar-refractivity contribution >= 4 is 0 Å². The van der Waals surface area contributed by atoms with E-state index in [1.165, 1.54) is 6.92 Å². The molecule has 0 aromatic carbocycles. The number of hydrogen-bond acceptors (Lipinski definition) is 39. The molecule has 8 aliphatic heterocycles. The Labute approximate surface area is 498 Å². The van der Waals surface area contributed by atoms with Crippen molar-refractivity contribution in [3.8, 4) is 0 Å². The molecule has 0 aliphatic carbocycles. The molecule has 0 saturated carbocycles. The minimum atomic E-state index is -2.24. The predicted octanol–water partition coefficient (Wildman–Crippen LogP) is -16.4. The summed E-state index contributed by atoms with van der Waals surface area (Å²) in [5.74, 6) is 0. The van der Waals surface area contributed by atoms with Crippen molar-refractivity contribution in [2.75, 3.05) is 52.9 Å². The van der Waals surface area contributed by atoms with E-state index in [0.29, 0.717) is 0 Å². The Balaban J connectivity index is 0.850. The summed E-state index contributed by atoms with van der Waals surface area (Å²) in [6.45, 7) is -6.04. The standard InChI is InChI=1S/C49H84O39/c1-11-21(59)23(61)36(14(4-51)74-11)83-44-31(69)25(63)38(16(6-53)77-44)85-46-33(71)27(65)40(18(8-55)79-46)87-48-35(73)29(67)42(20(10-57)81-48)88-49-34(72)28(66)41(19(9-56)80-49)86-47-32(70)26(64)39(17(7-54)78-47)84-45-30(68)24(62)37(15(5-52)76-45)82-43-22(60)13(58)2-12(3-50)75-43/h11-73H,2-10H2,1H3/t11?,12-,13-,14+,15+,16+,17+,18+,19+,20+,21-,22+,23+,24+,25+,26+,27+,28+,29+,30+,31+,32+,33+,34+,35+,36+,37+,38+,39+,40+,41+,42+,43?,44?,45?,46?,47?,48?,49?/m0/s1. The molecule has 39 atom stereocenters. The maximum Gasteiger partial charge on any atom is 0.187 e. The quantitative estimate of drug-likeness (QED) is 0.0479. The van der Waals surface area contributed by atoms with Gasteiger partial charge >= 0.3 is 0 Å². The van der Waals surface area contributed by atoms with E-state index in [9.17, 15) is 123 Å². The van der Waals surface area contributed by atoms with Gasteiger partial charge < -0.3 is 194 Å². The smallest absolute Gasteiger partial charge is 0.187 e. The molecule has 0 spiro atoms. The van der Waals surface area contributed by atoms with E-state index in [2.05, 4.69) is 0 Å². The molecular weight excluding hydrogens is 1210 g/mol. The van der Waals surface area contributed by atoms with Gasteiger partial charge in [-0.3, -0.25) is 0 Å². The molecule has 24 N–H and O–H groups in total. The number of aliphatic hydroxyl groups is 24. The Morgan fingerprint density at radius 1 is 0.239 bits per heavy atom. The molecule has 8 saturated heterocycles. The average Bonchev–Trinajstić information content (AvgIpc) is 3.54. The molecule has 0 aromatic heterocycles. The third-order valence-corrected chi connectivity index (χ3v) is 16.8. The van der Waals surface area contributed by atoms with Crippen LogP contribution < -0.4 is 0 Å². The van der Waals surface area contributed by atoms with Crippen LogP contribution in [0, 0.1) is 0 Å². The molecule has 39 heteroatoms. The topological polar surface area (TPSA) is 624 Å². The first kappa shape index (κ1) is 72.3. The van der Waals surface area contributed by atoms with E-state index in [1.54, 1.807) is 0 Å². The molecule has 8 unspecified atom stereocenters. The SMILES string of the molecule is CC1O[C@H](CO)[C@@H](OC2O[C@H](CO)[C@@H](OC3O[C@H](CO)[C@@H](OC4O[C@H](CO)[C@@H](OC5O[C@H](CO)[C@@H](OC6O[C@H](CO)[C@@H](OC7O[C@H](CO)[C@@H](OC8O[C@H](CO)C[C@H](O)[C@H]8O)[C@H](O)[C@H]7O)[C@H](O)[C@H]6O)[C@H](O)[C@H]5O)[C@H](O)[C@H]4O)[C@H](O)[C@H]3O)[C@H](O)[C@H]2O)[C@H](O)[C@H]1O. The summed E-state index contributed by atoms with van der Waals surface area (Å²) < 4.78 is 84.5. The lowest BCUT2D eigenvalue weighted by atomic mass is 9.94. The van der Waals surface area contributed by atoms with E-state index in [0.717, 1.165) is 0 Å². The molecular formula is C49H84O39. The van der Waals surface area contributed by atoms with Gasteiger partial charge in [0.2, 0.25) is 0 Å². The van der Waals surface area contributed by atoms with Crippen molar-refractivity contribution in [3.05, 3.63) is 0 Å². The Kier molecular flexibility index (Phi) is 25.7. The van der Waals surface area contributed by atoms with Crippen LogP contribution in [0.15, 0.2) is 0 Å². The average molecular weight is 1300 g/mol. The summed E-state index contributed by atoms with van der Waals surface area (Å²) in [7, 11) is 0. The van der Waals surface area contributed by atoms with Gasteiger partial charge in [0.25, 0.3) is 0 Å². The van der Waals surface area contributed by atoms with Gasteiger partial charge in [-0.2, -0.15) is 0 Å². The van der Waals surface area contributed by atoms with E-state index < -0.39 is 292 Å². The van der Waals surface area contributed by atoms with Gasteiger partial charge in [-0.15, -0.1) is 0 Å². The fourth-order valence-electron chi connectivity index (χ4n) is 11.7. The summed E-state index contributed by atoms with van der Waals surface area (Å²) in [6.07, 6.45) is -72.1. The van der Waals surface area contributed by atoms with Crippen LogP contribution in [0.25, 0.3) is 0 Å². The molecule has 514 valence electrons. The van der Waals surface area contributed by atoms with Crippen molar-refractivity contribution in [1.29, 1.82) is 0 Å². The monoisotopic (exact) mass is 1300 g/mol. The molecule has 0 aromatic rings. The predicted molar refractivity (Wildman–Crippen MR) is 266 cm³/mol. The Morgan fingerprint density at radius 3 is 0.636 bits per heavy atom. The molecule has 88 heavy (non-hydrogen) atoms. The van der Waals surface area contributed by atoms with Crippen molar-refractivity contribution in [1.82, 2.24) is 0 Å². The molecule has 8 fully saturated rings. The van der Waals surface area contributed by atoms with Crippen LogP contribution in [-0.4, -0.2) is 415 Å². The number of rotatable bonds is 22. The first-order chi connectivity index (χ1) is 41.8. The van der Waals surface area contributed by atoms with Crippen molar-refractivity contribution in [2.24, 2.45) is 0 Å². The van der Waals surface area contributed by atoms with E-state index >= 15 is 0 Å². The number of hydrogen-bond donors (Lipinski definition) is 24. The number of ether oxygens (including phenoxy) is 15. The Hall–Kier alpha value is -1.56. The van der Waals surface area contributed by atoms with Crippen LogP contribution in [0.5, 0.6) is 0 Å². The fraction of sp³-hybridized carbons (Fsp3) is 1.00. The van der Waals surface area contributed by atoms with Gasteiger partial charge in [0.1, 0.15) is 177 Å². The lowest BCUT2D eigenvalue weighted by molar-refractivity contribution is -0.398. The van der Waals surface area contributed by atoms with Gasteiger partial charge in [-0.1, -0.05) is 0 Å². The van der Waals surface area contributed by atoms with Gasteiger partial charge in [0.15, 0.2) is 44.0 Å². The first-order valence-electron chi connectivity index (χ1n) is 28.4. The van der Waals surface area contributed by atoms with Crippen molar-refractivity contribution in [2.45, 2.75) is 253 Å². The molecule has 0 bridgehead atoms. The number of aliphatic hydroxyl groups excluding tert-OH is 24. The fourth-order valence-corrected chi connectivity index (χ4v) is 11.7. The summed E-state index contributed by atoms with van der Waals surface area (Å²) in [4.78, 5) is 0. The highest BCUT2D eigenvalue weighted by Gasteiger charge is 2.59. The van der Waals surface area contributed by atoms with Gasteiger partial charge in [0, 0.05) is 6.42 Å². The van der Waals surface area contributed by atoms with Gasteiger partial charge in [-0.05, 0) is 6.92 Å². The molecule has 0 radical (unpaired) electrons. The second-order valence-corrected chi connectivity index (χ2v) is 22.6. The zero-order valence-electron chi connectivity index (χ0n) is 46.7. The second-order valence-electron chi connectivity index (χ2n) is 22.6. The largest absolute Gasteiger partial charge is 0.394 e. The van der Waals surface area contributed by atoms with Crippen LogP contribution in [-0.2, 0) is 71.1 Å². The van der Waals surface area contributed by atoms with E-state index in [1.807, 2.05) is 0 Å². The Bertz CT molecular complexity index is 2090. The molecule has 0 amide bonds. The lowest BCUT2D eigenvalue weighted by Gasteiger charge is -2.50. The minimum absolute atomic E-state index is 0.178. The third-order valence-electron chi connectivity index (χ3n) is 16.8. The first-order valence-corrected chi connectivity index (χ1v) is 28.4. The third kappa shape index (κ3) is 14.9.